The first kappa shape index (κ1) is 32.8. The lowest BCUT2D eigenvalue weighted by Crippen LogP contribution is -2.39. The quantitative estimate of drug-likeness (QED) is 0.189. The van der Waals surface area contributed by atoms with Crippen molar-refractivity contribution >= 4 is 43.0 Å². The second-order valence-corrected chi connectivity index (χ2v) is 15.5. The Balaban J connectivity index is 1.43. The highest BCUT2D eigenvalue weighted by Gasteiger charge is 2.27. The molecule has 2 aromatic heterocycles. The van der Waals surface area contributed by atoms with Gasteiger partial charge in [-0.3, -0.25) is 4.72 Å². The molecule has 0 unspecified atom stereocenters. The molecule has 10 nitrogen and oxygen atoms in total. The van der Waals surface area contributed by atoms with Gasteiger partial charge in [0.25, 0.3) is 10.0 Å². The van der Waals surface area contributed by atoms with Crippen LogP contribution in [0.2, 0.25) is 0 Å². The van der Waals surface area contributed by atoms with Gasteiger partial charge in [-0.05, 0) is 62.1 Å². The Morgan fingerprint density at radius 3 is 2.20 bits per heavy atom. The molecule has 0 amide bonds. The Morgan fingerprint density at radius 1 is 0.889 bits per heavy atom. The van der Waals surface area contributed by atoms with Crippen LogP contribution in [-0.2, 0) is 20.0 Å². The minimum atomic E-state index is -4.82. The van der Waals surface area contributed by atoms with E-state index < -0.39 is 48.1 Å². The largest absolute Gasteiger partial charge is 0.351 e. The lowest BCUT2D eigenvalue weighted by atomic mass is 9.92. The van der Waals surface area contributed by atoms with Crippen molar-refractivity contribution in [3.63, 3.8) is 0 Å². The van der Waals surface area contributed by atoms with Crippen LogP contribution < -0.4 is 14.8 Å². The van der Waals surface area contributed by atoms with Crippen LogP contribution in [0.4, 0.5) is 24.8 Å². The first-order valence-corrected chi connectivity index (χ1v) is 18.2. The fourth-order valence-electron chi connectivity index (χ4n) is 5.03. The Kier molecular flexibility index (Phi) is 9.49. The van der Waals surface area contributed by atoms with E-state index in [9.17, 15) is 30.0 Å². The summed E-state index contributed by atoms with van der Waals surface area (Å²) in [5.41, 5.74) is 0.787. The number of sulfonamides is 2. The van der Waals surface area contributed by atoms with Crippen LogP contribution in [0.3, 0.4) is 0 Å². The maximum absolute atomic E-state index is 14.9. The Hall–Kier alpha value is -3.60. The number of thiazole rings is 1. The number of benzene rings is 2. The van der Waals surface area contributed by atoms with Crippen molar-refractivity contribution in [3.8, 4) is 21.8 Å². The number of nitrogens with zero attached hydrogens (tertiary/aromatic N) is 3. The molecule has 3 N–H and O–H groups in total. The summed E-state index contributed by atoms with van der Waals surface area (Å²) in [6.45, 7) is 3.92. The third kappa shape index (κ3) is 7.80. The number of halogens is 3. The average molecular weight is 681 g/mol. The number of aromatic nitrogens is 3. The highest BCUT2D eigenvalue weighted by atomic mass is 32.2. The van der Waals surface area contributed by atoms with Crippen LogP contribution in [0.15, 0.2) is 53.6 Å². The molecule has 0 spiro atoms. The van der Waals surface area contributed by atoms with Gasteiger partial charge in [-0.15, -0.1) is 11.3 Å². The van der Waals surface area contributed by atoms with E-state index >= 15 is 0 Å². The van der Waals surface area contributed by atoms with Gasteiger partial charge in [0.1, 0.15) is 17.5 Å². The van der Waals surface area contributed by atoms with Crippen molar-refractivity contribution in [2.45, 2.75) is 62.4 Å². The molecule has 1 saturated carbocycles. The third-order valence-electron chi connectivity index (χ3n) is 7.14. The van der Waals surface area contributed by atoms with E-state index in [1.807, 2.05) is 18.6 Å². The van der Waals surface area contributed by atoms with Crippen LogP contribution in [0.1, 0.15) is 50.5 Å². The van der Waals surface area contributed by atoms with Gasteiger partial charge in [0.15, 0.2) is 4.90 Å². The predicted molar refractivity (Wildman–Crippen MR) is 167 cm³/mol. The molecule has 240 valence electrons. The van der Waals surface area contributed by atoms with Crippen LogP contribution in [0.5, 0.6) is 0 Å². The van der Waals surface area contributed by atoms with Crippen molar-refractivity contribution in [2.24, 2.45) is 0 Å². The molecular formula is C29H31F3N6O4S3. The summed E-state index contributed by atoms with van der Waals surface area (Å²) in [4.78, 5) is 13.2. The fourth-order valence-corrected chi connectivity index (χ4v) is 8.13. The molecule has 16 heteroatoms. The molecule has 4 aromatic rings. The van der Waals surface area contributed by atoms with Crippen LogP contribution in [0.25, 0.3) is 21.8 Å². The third-order valence-corrected chi connectivity index (χ3v) is 10.7. The number of hydrogen-bond donors (Lipinski definition) is 3. The molecule has 2 heterocycles. The van der Waals surface area contributed by atoms with Crippen LogP contribution in [-0.4, -0.2) is 50.1 Å². The molecule has 0 aliphatic heterocycles. The van der Waals surface area contributed by atoms with E-state index in [0.717, 1.165) is 48.4 Å². The summed E-state index contributed by atoms with van der Waals surface area (Å²) >= 11 is 1.37. The smallest absolute Gasteiger partial charge is 0.267 e. The summed E-state index contributed by atoms with van der Waals surface area (Å²) in [6, 6.07) is 7.95. The molecule has 5 rings (SSSR count). The van der Waals surface area contributed by atoms with Gasteiger partial charge < -0.3 is 5.32 Å². The number of rotatable bonds is 10. The van der Waals surface area contributed by atoms with E-state index in [-0.39, 0.29) is 18.0 Å². The maximum Gasteiger partial charge on any atom is 0.267 e. The normalized spacial score (nSPS) is 17.4. The molecule has 0 atom stereocenters. The molecular weight excluding hydrogens is 650 g/mol. The van der Waals surface area contributed by atoms with E-state index in [1.165, 1.54) is 23.5 Å². The van der Waals surface area contributed by atoms with Crippen molar-refractivity contribution in [1.29, 1.82) is 0 Å². The molecule has 1 fully saturated rings. The monoisotopic (exact) mass is 680 g/mol. The van der Waals surface area contributed by atoms with E-state index in [1.54, 1.807) is 12.3 Å². The predicted octanol–water partition coefficient (Wildman–Crippen LogP) is 5.88. The van der Waals surface area contributed by atoms with Gasteiger partial charge in [-0.1, -0.05) is 19.9 Å². The molecule has 0 bridgehead atoms. The second-order valence-electron chi connectivity index (χ2n) is 11.1. The number of nitrogens with one attached hydrogen (secondary N) is 3. The van der Waals surface area contributed by atoms with Crippen molar-refractivity contribution in [3.05, 3.63) is 71.1 Å². The summed E-state index contributed by atoms with van der Waals surface area (Å²) in [5, 5.41) is 4.08. The van der Waals surface area contributed by atoms with E-state index in [2.05, 4.69) is 15.0 Å². The van der Waals surface area contributed by atoms with E-state index in [4.69, 9.17) is 9.97 Å². The Morgan fingerprint density at radius 2 is 1.56 bits per heavy atom. The van der Waals surface area contributed by atoms with Gasteiger partial charge >= 0.3 is 0 Å². The van der Waals surface area contributed by atoms with Crippen LogP contribution in [0, 0.1) is 17.5 Å². The molecule has 1 aliphatic rings. The molecule has 0 saturated heterocycles. The average Bonchev–Trinajstić information content (AvgIpc) is 3.41. The van der Waals surface area contributed by atoms with Crippen molar-refractivity contribution < 1.29 is 30.0 Å². The second kappa shape index (κ2) is 13.0. The van der Waals surface area contributed by atoms with E-state index in [0.29, 0.717) is 40.6 Å². The van der Waals surface area contributed by atoms with Crippen molar-refractivity contribution in [2.75, 3.05) is 16.3 Å². The topological polar surface area (TPSA) is 143 Å². The summed E-state index contributed by atoms with van der Waals surface area (Å²) < 4.78 is 96.9. The lowest BCUT2D eigenvalue weighted by molar-refractivity contribution is 0.387. The summed E-state index contributed by atoms with van der Waals surface area (Å²) in [5.74, 6) is -3.17. The zero-order valence-electron chi connectivity index (χ0n) is 24.5. The number of hydrogen-bond acceptors (Lipinski definition) is 9. The minimum Gasteiger partial charge on any atom is -0.351 e. The molecule has 0 radical (unpaired) electrons. The van der Waals surface area contributed by atoms with Gasteiger partial charge in [0, 0.05) is 29.8 Å². The summed E-state index contributed by atoms with van der Waals surface area (Å²) in [7, 11) is -8.10. The standard InChI is InChI=1S/C29H31F3N6O4S3/c1-16(2)28-36-25(17-7-12-20(30)24(15-17)38-45(41,42)27-21(31)5-4-6-22(27)32)26(43-28)23-13-14-33-29(35-23)34-18-8-10-19(11-9-18)37-44(3,39)40/h4-7,12-16,18-19,37-38H,8-11H2,1-3H3,(H,33,34,35). The highest BCUT2D eigenvalue weighted by molar-refractivity contribution is 7.92. The molecule has 1 aliphatic carbocycles. The zero-order valence-corrected chi connectivity index (χ0v) is 27.0. The fraction of sp³-hybridized carbons (Fsp3) is 0.345. The SMILES string of the molecule is CC(C)c1nc(-c2ccc(F)c(NS(=O)(=O)c3c(F)cccc3F)c2)c(-c2ccnc(NC3CCC(NS(C)(=O)=O)CC3)n2)s1. The van der Waals surface area contributed by atoms with Gasteiger partial charge in [-0.25, -0.2) is 49.7 Å². The molecule has 45 heavy (non-hydrogen) atoms. The zero-order chi connectivity index (χ0) is 32.5. The first-order valence-electron chi connectivity index (χ1n) is 14.0. The Bertz CT molecular complexity index is 1910. The van der Waals surface area contributed by atoms with Gasteiger partial charge in [-0.2, -0.15) is 0 Å². The summed E-state index contributed by atoms with van der Waals surface area (Å²) in [6.07, 6.45) is 5.51. The number of anilines is 2. The maximum atomic E-state index is 14.9. The molecule has 2 aromatic carbocycles. The highest BCUT2D eigenvalue weighted by Crippen LogP contribution is 2.40. The van der Waals surface area contributed by atoms with Crippen molar-refractivity contribution in [1.82, 2.24) is 19.7 Å². The lowest BCUT2D eigenvalue weighted by Gasteiger charge is -2.29. The Labute approximate surface area is 263 Å². The minimum absolute atomic E-state index is 0.0279. The van der Waals surface area contributed by atoms with Gasteiger partial charge in [0.2, 0.25) is 16.0 Å². The van der Waals surface area contributed by atoms with Gasteiger partial charge in [0.05, 0.1) is 33.2 Å². The first-order chi connectivity index (χ1) is 21.2. The van der Waals surface area contributed by atoms with Crippen LogP contribution >= 0.6 is 11.3 Å².